The van der Waals surface area contributed by atoms with E-state index in [1.165, 1.54) is 5.56 Å². The van der Waals surface area contributed by atoms with Crippen molar-refractivity contribution >= 4 is 5.91 Å². The molecular formula is C20H27N5O2. The first kappa shape index (κ1) is 18.0. The molecule has 0 aliphatic carbocycles. The Hall–Kier alpha value is -2.41. The molecule has 2 aliphatic heterocycles. The number of hydrogen-bond donors (Lipinski definition) is 1. The molecule has 1 saturated heterocycles. The average molecular weight is 369 g/mol. The highest BCUT2D eigenvalue weighted by Gasteiger charge is 2.39. The zero-order valence-electron chi connectivity index (χ0n) is 16.2. The van der Waals surface area contributed by atoms with E-state index < -0.39 is 0 Å². The van der Waals surface area contributed by atoms with Gasteiger partial charge in [-0.1, -0.05) is 12.1 Å². The Morgan fingerprint density at radius 1 is 1.19 bits per heavy atom. The van der Waals surface area contributed by atoms with Gasteiger partial charge in [0.15, 0.2) is 0 Å². The summed E-state index contributed by atoms with van der Waals surface area (Å²) in [4.78, 5) is 14.9. The molecule has 3 heterocycles. The van der Waals surface area contributed by atoms with E-state index in [1.807, 2.05) is 30.5 Å². The van der Waals surface area contributed by atoms with Crippen molar-refractivity contribution in [2.45, 2.75) is 39.4 Å². The molecule has 4 rings (SSSR count). The maximum atomic E-state index is 12.4. The van der Waals surface area contributed by atoms with Crippen molar-refractivity contribution in [1.29, 1.82) is 0 Å². The molecule has 0 saturated carbocycles. The Kier molecular flexibility index (Phi) is 4.86. The summed E-state index contributed by atoms with van der Waals surface area (Å²) in [6, 6.07) is 8.38. The smallest absolute Gasteiger partial charge is 0.289 e. The van der Waals surface area contributed by atoms with Crippen LogP contribution in [0.3, 0.4) is 0 Å². The summed E-state index contributed by atoms with van der Waals surface area (Å²) < 4.78 is 7.26. The Morgan fingerprint density at radius 3 is 2.63 bits per heavy atom. The van der Waals surface area contributed by atoms with Gasteiger partial charge in [-0.15, -0.1) is 10.2 Å². The van der Waals surface area contributed by atoms with Crippen LogP contribution in [0.2, 0.25) is 0 Å². The van der Waals surface area contributed by atoms with Crippen LogP contribution in [0.15, 0.2) is 24.3 Å². The second kappa shape index (κ2) is 7.31. The zero-order chi connectivity index (χ0) is 19.0. The maximum Gasteiger partial charge on any atom is 0.289 e. The summed E-state index contributed by atoms with van der Waals surface area (Å²) in [5.41, 5.74) is 1.30. The fourth-order valence-corrected chi connectivity index (χ4v) is 4.23. The first-order valence-electron chi connectivity index (χ1n) is 9.61. The number of hydrogen-bond acceptors (Lipinski definition) is 5. The monoisotopic (exact) mass is 369 g/mol. The van der Waals surface area contributed by atoms with Crippen molar-refractivity contribution in [3.05, 3.63) is 41.5 Å². The molecule has 1 amide bonds. The number of carbonyl (C=O) groups is 1. The summed E-state index contributed by atoms with van der Waals surface area (Å²) in [6.07, 6.45) is 0.895. The highest BCUT2D eigenvalue weighted by atomic mass is 16.5. The number of fused-ring (bicyclic) bond motifs is 2. The van der Waals surface area contributed by atoms with Crippen LogP contribution >= 0.6 is 0 Å². The molecule has 2 aliphatic rings. The molecule has 0 radical (unpaired) electrons. The standard InChI is InChI=1S/C20H27N5O2/c1-13(2)21-20(26)19-23-22-18-8-15-10-24(11-16(15)12-25(18)19)9-14-4-6-17(27-3)7-5-14/h4-7,13,15-16H,8-12H2,1-3H3,(H,21,26)/t15-,16-/m0/s1. The second-order valence-electron chi connectivity index (χ2n) is 7.95. The van der Waals surface area contributed by atoms with Crippen molar-refractivity contribution in [1.82, 2.24) is 25.0 Å². The van der Waals surface area contributed by atoms with E-state index in [9.17, 15) is 4.79 Å². The second-order valence-corrected chi connectivity index (χ2v) is 7.95. The zero-order valence-corrected chi connectivity index (χ0v) is 16.2. The minimum absolute atomic E-state index is 0.0910. The Bertz CT molecular complexity index is 814. The van der Waals surface area contributed by atoms with Gasteiger partial charge in [0.2, 0.25) is 5.82 Å². The van der Waals surface area contributed by atoms with Gasteiger partial charge in [0, 0.05) is 38.6 Å². The number of benzene rings is 1. The average Bonchev–Trinajstić information content (AvgIpc) is 3.22. The van der Waals surface area contributed by atoms with Gasteiger partial charge in [-0.3, -0.25) is 9.69 Å². The van der Waals surface area contributed by atoms with E-state index >= 15 is 0 Å². The predicted octanol–water partition coefficient (Wildman–Crippen LogP) is 1.73. The summed E-state index contributed by atoms with van der Waals surface area (Å²) in [6.45, 7) is 7.78. The third-order valence-corrected chi connectivity index (χ3v) is 5.53. The number of methoxy groups -OCH3 is 1. The van der Waals surface area contributed by atoms with Gasteiger partial charge >= 0.3 is 0 Å². The fraction of sp³-hybridized carbons (Fsp3) is 0.550. The van der Waals surface area contributed by atoms with E-state index in [-0.39, 0.29) is 11.9 Å². The van der Waals surface area contributed by atoms with Gasteiger partial charge < -0.3 is 14.6 Å². The van der Waals surface area contributed by atoms with Crippen LogP contribution in [0.25, 0.3) is 0 Å². The summed E-state index contributed by atoms with van der Waals surface area (Å²) in [5, 5.41) is 11.4. The summed E-state index contributed by atoms with van der Waals surface area (Å²) >= 11 is 0. The molecule has 27 heavy (non-hydrogen) atoms. The molecule has 1 aromatic heterocycles. The lowest BCUT2D eigenvalue weighted by molar-refractivity contribution is 0.0924. The van der Waals surface area contributed by atoms with Crippen molar-refractivity contribution in [2.75, 3.05) is 20.2 Å². The Labute approximate surface area is 159 Å². The lowest BCUT2D eigenvalue weighted by Gasteiger charge is -2.25. The van der Waals surface area contributed by atoms with Gasteiger partial charge in [-0.2, -0.15) is 0 Å². The lowest BCUT2D eigenvalue weighted by atomic mass is 9.89. The first-order chi connectivity index (χ1) is 13.0. The van der Waals surface area contributed by atoms with Crippen LogP contribution in [-0.2, 0) is 19.5 Å². The molecule has 0 bridgehead atoms. The van der Waals surface area contributed by atoms with Gasteiger partial charge in [0.25, 0.3) is 5.91 Å². The largest absolute Gasteiger partial charge is 0.497 e. The third-order valence-electron chi connectivity index (χ3n) is 5.53. The Balaban J connectivity index is 1.42. The van der Waals surface area contributed by atoms with Gasteiger partial charge in [0.05, 0.1) is 7.11 Å². The summed E-state index contributed by atoms with van der Waals surface area (Å²) in [7, 11) is 1.69. The molecule has 7 nitrogen and oxygen atoms in total. The maximum absolute atomic E-state index is 12.4. The molecule has 0 spiro atoms. The molecule has 144 valence electrons. The normalized spacial score (nSPS) is 21.8. The van der Waals surface area contributed by atoms with E-state index in [0.717, 1.165) is 44.2 Å². The number of nitrogens with one attached hydrogen (secondary N) is 1. The molecule has 7 heteroatoms. The number of ether oxygens (including phenoxy) is 1. The molecule has 1 fully saturated rings. The molecule has 0 unspecified atom stereocenters. The minimum Gasteiger partial charge on any atom is -0.497 e. The molecule has 1 aromatic carbocycles. The number of rotatable bonds is 5. The van der Waals surface area contributed by atoms with Crippen LogP contribution in [0.5, 0.6) is 5.75 Å². The summed E-state index contributed by atoms with van der Waals surface area (Å²) in [5.74, 6) is 3.27. The molecule has 2 atom stereocenters. The van der Waals surface area contributed by atoms with E-state index in [1.54, 1.807) is 7.11 Å². The van der Waals surface area contributed by atoms with E-state index in [0.29, 0.717) is 17.7 Å². The van der Waals surface area contributed by atoms with Crippen LogP contribution in [0, 0.1) is 11.8 Å². The van der Waals surface area contributed by atoms with Crippen LogP contribution in [0.4, 0.5) is 0 Å². The van der Waals surface area contributed by atoms with Crippen molar-refractivity contribution in [3.63, 3.8) is 0 Å². The predicted molar refractivity (Wildman–Crippen MR) is 102 cm³/mol. The minimum atomic E-state index is -0.129. The molecule has 1 N–H and O–H groups in total. The molecule has 2 aromatic rings. The highest BCUT2D eigenvalue weighted by molar-refractivity contribution is 5.90. The van der Waals surface area contributed by atoms with E-state index in [4.69, 9.17) is 4.74 Å². The number of aromatic nitrogens is 3. The quantitative estimate of drug-likeness (QED) is 0.869. The van der Waals surface area contributed by atoms with Crippen molar-refractivity contribution < 1.29 is 9.53 Å². The third kappa shape index (κ3) is 3.69. The number of carbonyl (C=O) groups excluding carboxylic acids is 1. The van der Waals surface area contributed by atoms with Gasteiger partial charge in [-0.05, 0) is 43.4 Å². The SMILES string of the molecule is COc1ccc(CN2C[C@@H]3Cc4nnc(C(=O)NC(C)C)n4C[C@@H]3C2)cc1. The van der Waals surface area contributed by atoms with Gasteiger partial charge in [-0.25, -0.2) is 0 Å². The van der Waals surface area contributed by atoms with Crippen molar-refractivity contribution in [3.8, 4) is 5.75 Å². The van der Waals surface area contributed by atoms with Crippen LogP contribution in [-0.4, -0.2) is 51.8 Å². The fourth-order valence-electron chi connectivity index (χ4n) is 4.23. The highest BCUT2D eigenvalue weighted by Crippen LogP contribution is 2.33. The van der Waals surface area contributed by atoms with Crippen LogP contribution < -0.4 is 10.1 Å². The van der Waals surface area contributed by atoms with E-state index in [2.05, 4.69) is 32.5 Å². The molecular weight excluding hydrogens is 342 g/mol. The lowest BCUT2D eigenvalue weighted by Crippen LogP contribution is -2.35. The number of amides is 1. The van der Waals surface area contributed by atoms with Crippen LogP contribution in [0.1, 0.15) is 35.9 Å². The first-order valence-corrected chi connectivity index (χ1v) is 9.61. The number of nitrogens with zero attached hydrogens (tertiary/aromatic N) is 4. The topological polar surface area (TPSA) is 72.3 Å². The number of likely N-dealkylation sites (tertiary alicyclic amines) is 1. The van der Waals surface area contributed by atoms with Gasteiger partial charge in [0.1, 0.15) is 11.6 Å². The van der Waals surface area contributed by atoms with Crippen molar-refractivity contribution in [2.24, 2.45) is 11.8 Å². The Morgan fingerprint density at radius 2 is 1.93 bits per heavy atom.